The molecule has 0 heterocycles. The predicted molar refractivity (Wildman–Crippen MR) is 86.7 cm³/mol. The van der Waals surface area contributed by atoms with Crippen LogP contribution in [-0.2, 0) is 9.84 Å². The zero-order chi connectivity index (χ0) is 16.3. The third-order valence-electron chi connectivity index (χ3n) is 3.43. The van der Waals surface area contributed by atoms with Crippen molar-refractivity contribution in [2.75, 3.05) is 6.26 Å². The van der Waals surface area contributed by atoms with Gasteiger partial charge in [0.2, 0.25) is 0 Å². The number of nitrogens with zero attached hydrogens (tertiary/aromatic N) is 1. The van der Waals surface area contributed by atoms with Gasteiger partial charge >= 0.3 is 0 Å². The Morgan fingerprint density at radius 1 is 1.41 bits per heavy atom. The zero-order valence-corrected chi connectivity index (χ0v) is 13.2. The Hall–Kier alpha value is -2.21. The van der Waals surface area contributed by atoms with Crippen LogP contribution in [0.15, 0.2) is 59.0 Å². The van der Waals surface area contributed by atoms with Gasteiger partial charge in [0.1, 0.15) is 4.90 Å². The van der Waals surface area contributed by atoms with Crippen LogP contribution in [0.2, 0.25) is 0 Å². The molecule has 2 atom stereocenters. The molecule has 2 unspecified atom stereocenters. The van der Waals surface area contributed by atoms with Gasteiger partial charge in [0.05, 0.1) is 16.7 Å². The van der Waals surface area contributed by atoms with Gasteiger partial charge in [0, 0.05) is 6.08 Å². The average molecular weight is 320 g/mol. The maximum Gasteiger partial charge on any atom is 0.299 e. The molecule has 0 spiro atoms. The minimum absolute atomic E-state index is 0.0301. The lowest BCUT2D eigenvalue weighted by Crippen LogP contribution is -2.01. The SMILES string of the molecule is CC1C=CC(/C=C(\c2ccc(S(C)(=O)=[OH+])cc2)[N+](=O)[O-])=CC1. The first-order chi connectivity index (χ1) is 10.3. The highest BCUT2D eigenvalue weighted by atomic mass is 32.2. The van der Waals surface area contributed by atoms with Crippen molar-refractivity contribution in [2.45, 2.75) is 18.2 Å². The molecule has 6 heteroatoms. The summed E-state index contributed by atoms with van der Waals surface area (Å²) in [5.41, 5.74) is 1.18. The fraction of sp³-hybridized carbons (Fsp3) is 0.250. The molecule has 0 bridgehead atoms. The molecule has 0 aromatic heterocycles. The van der Waals surface area contributed by atoms with Crippen LogP contribution in [0.25, 0.3) is 5.70 Å². The molecule has 0 amide bonds. The molecule has 0 fully saturated rings. The number of rotatable bonds is 4. The molecule has 1 aliphatic carbocycles. The summed E-state index contributed by atoms with van der Waals surface area (Å²) in [7, 11) is -3.06. The van der Waals surface area contributed by atoms with Crippen LogP contribution in [-0.4, -0.2) is 19.6 Å². The van der Waals surface area contributed by atoms with E-state index in [0.29, 0.717) is 11.5 Å². The first-order valence-electron chi connectivity index (χ1n) is 6.84. The third kappa shape index (κ3) is 3.92. The topological polar surface area (TPSA) is 81.6 Å². The Bertz CT molecular complexity index is 771. The molecule has 1 aliphatic rings. The van der Waals surface area contributed by atoms with E-state index in [1.54, 1.807) is 0 Å². The van der Waals surface area contributed by atoms with E-state index in [4.69, 9.17) is 0 Å². The van der Waals surface area contributed by atoms with Crippen molar-refractivity contribution >= 4 is 15.5 Å². The van der Waals surface area contributed by atoms with Gasteiger partial charge in [-0.05, 0) is 42.2 Å². The zero-order valence-electron chi connectivity index (χ0n) is 12.4. The molecule has 0 radical (unpaired) electrons. The lowest BCUT2D eigenvalue weighted by Gasteiger charge is -2.08. The van der Waals surface area contributed by atoms with Gasteiger partial charge < -0.3 is 0 Å². The normalized spacial score (nSPS) is 21.1. The lowest BCUT2D eigenvalue weighted by atomic mass is 9.97. The van der Waals surface area contributed by atoms with E-state index in [1.807, 2.05) is 18.2 Å². The van der Waals surface area contributed by atoms with E-state index in [9.17, 15) is 18.5 Å². The standard InChI is InChI=1S/C16H17NO4S/c1-12-3-5-13(6-4-12)11-16(17(18)19)14-7-9-15(10-8-14)22(2,20)21/h3,5-12H,4H2,1-2H3/p+1/b16-11+. The fourth-order valence-corrected chi connectivity index (χ4v) is 2.77. The summed E-state index contributed by atoms with van der Waals surface area (Å²) < 4.78 is 21.0. The maximum atomic E-state index is 11.5. The largest absolute Gasteiger partial charge is 0.299 e. The highest BCUT2D eigenvalue weighted by molar-refractivity contribution is 7.90. The number of hydrogen-bond acceptors (Lipinski definition) is 3. The number of hydrogen-bond donors (Lipinski definition) is 0. The van der Waals surface area contributed by atoms with Crippen LogP contribution < -0.4 is 0 Å². The second-order valence-corrected chi connectivity index (χ2v) is 7.47. The molecule has 0 aliphatic heterocycles. The van der Waals surface area contributed by atoms with Crippen molar-refractivity contribution < 1.29 is 13.3 Å². The van der Waals surface area contributed by atoms with Crippen LogP contribution in [0.1, 0.15) is 18.9 Å². The average Bonchev–Trinajstić information content (AvgIpc) is 2.45. The van der Waals surface area contributed by atoms with E-state index in [1.165, 1.54) is 36.6 Å². The van der Waals surface area contributed by atoms with Crippen LogP contribution >= 0.6 is 0 Å². The van der Waals surface area contributed by atoms with Gasteiger partial charge in [-0.1, -0.05) is 25.2 Å². The van der Waals surface area contributed by atoms with Gasteiger partial charge in [0.15, 0.2) is 0 Å². The number of benzene rings is 1. The van der Waals surface area contributed by atoms with Gasteiger partial charge in [-0.2, -0.15) is 4.21 Å². The Labute approximate surface area is 129 Å². The first kappa shape index (κ1) is 16.2. The minimum atomic E-state index is -3.06. The quantitative estimate of drug-likeness (QED) is 0.484. The van der Waals surface area contributed by atoms with Gasteiger partial charge in [-0.3, -0.25) is 10.1 Å². The van der Waals surface area contributed by atoms with Crippen molar-refractivity contribution in [3.63, 3.8) is 0 Å². The molecule has 1 aromatic carbocycles. The Kier molecular flexibility index (Phi) is 4.61. The van der Waals surface area contributed by atoms with Gasteiger partial charge in [0.25, 0.3) is 15.5 Å². The van der Waals surface area contributed by atoms with Gasteiger partial charge in [-0.15, -0.1) is 0 Å². The molecule has 116 valence electrons. The molecule has 0 saturated heterocycles. The number of nitro groups is 1. The summed E-state index contributed by atoms with van der Waals surface area (Å²) in [6.45, 7) is 2.08. The van der Waals surface area contributed by atoms with E-state index >= 15 is 0 Å². The number of allylic oxidation sites excluding steroid dienone is 5. The second kappa shape index (κ2) is 6.27. The summed E-state index contributed by atoms with van der Waals surface area (Å²) in [5.74, 6) is 0.442. The summed E-state index contributed by atoms with van der Waals surface area (Å²) in [6, 6.07) is 5.89. The molecule has 1 N–H and O–H groups in total. The molecule has 5 nitrogen and oxygen atoms in total. The molecule has 22 heavy (non-hydrogen) atoms. The summed E-state index contributed by atoms with van der Waals surface area (Å²) in [5, 5.41) is 11.3. The van der Waals surface area contributed by atoms with Crippen LogP contribution in [0.4, 0.5) is 0 Å². The minimum Gasteiger partial charge on any atom is -0.258 e. The molecular formula is C16H18NO4S+. The molecule has 0 saturated carbocycles. The molecule has 2 rings (SSSR count). The van der Waals surface area contributed by atoms with Crippen molar-refractivity contribution in [3.8, 4) is 0 Å². The Balaban J connectivity index is 2.37. The Morgan fingerprint density at radius 2 is 2.05 bits per heavy atom. The maximum absolute atomic E-state index is 11.5. The van der Waals surface area contributed by atoms with Crippen LogP contribution in [0.3, 0.4) is 0 Å². The molecule has 1 aromatic rings. The Morgan fingerprint density at radius 3 is 2.50 bits per heavy atom. The van der Waals surface area contributed by atoms with E-state index in [2.05, 4.69) is 6.92 Å². The van der Waals surface area contributed by atoms with Crippen molar-refractivity contribution in [3.05, 3.63) is 69.8 Å². The molecular weight excluding hydrogens is 302 g/mol. The third-order valence-corrected chi connectivity index (χ3v) is 4.58. The highest BCUT2D eigenvalue weighted by Gasteiger charge is 2.18. The monoisotopic (exact) mass is 320 g/mol. The van der Waals surface area contributed by atoms with Crippen molar-refractivity contribution in [2.24, 2.45) is 5.92 Å². The summed E-state index contributed by atoms with van der Waals surface area (Å²) in [6.07, 6.45) is 9.46. The van der Waals surface area contributed by atoms with Crippen molar-refractivity contribution in [1.82, 2.24) is 0 Å². The predicted octanol–water partition coefficient (Wildman–Crippen LogP) is 3.39. The van der Waals surface area contributed by atoms with E-state index in [0.717, 1.165) is 12.0 Å². The highest BCUT2D eigenvalue weighted by Crippen LogP contribution is 2.23. The van der Waals surface area contributed by atoms with Crippen LogP contribution in [0, 0.1) is 16.0 Å². The first-order valence-corrected chi connectivity index (χ1v) is 8.76. The van der Waals surface area contributed by atoms with Gasteiger partial charge in [-0.25, -0.2) is 4.21 Å². The van der Waals surface area contributed by atoms with E-state index in [-0.39, 0.29) is 10.6 Å². The van der Waals surface area contributed by atoms with Crippen molar-refractivity contribution in [1.29, 1.82) is 0 Å². The van der Waals surface area contributed by atoms with E-state index < -0.39 is 14.8 Å². The second-order valence-electron chi connectivity index (χ2n) is 5.39. The van der Waals surface area contributed by atoms with Crippen LogP contribution in [0.5, 0.6) is 0 Å². The smallest absolute Gasteiger partial charge is 0.258 e. The lowest BCUT2D eigenvalue weighted by molar-refractivity contribution is -0.375. The summed E-state index contributed by atoms with van der Waals surface area (Å²) in [4.78, 5) is 11.1. The summed E-state index contributed by atoms with van der Waals surface area (Å²) >= 11 is 0. The fourth-order valence-electron chi connectivity index (χ4n) is 2.13.